The first-order valence-corrected chi connectivity index (χ1v) is 9.30. The number of hydrogen-bond donors (Lipinski definition) is 1. The number of anilines is 1. The van der Waals surface area contributed by atoms with Crippen LogP contribution in [0, 0.1) is 11.6 Å². The van der Waals surface area contributed by atoms with Gasteiger partial charge in [-0.05, 0) is 43.3 Å². The van der Waals surface area contributed by atoms with Crippen LogP contribution in [0.3, 0.4) is 0 Å². The largest absolute Gasteiger partial charge is 0.494 e. The van der Waals surface area contributed by atoms with E-state index in [9.17, 15) is 8.78 Å². The minimum Gasteiger partial charge on any atom is -0.494 e. The molecule has 9 heteroatoms. The molecule has 2 aromatic carbocycles. The summed E-state index contributed by atoms with van der Waals surface area (Å²) in [4.78, 5) is 4.56. The molecule has 4 aromatic rings. The highest BCUT2D eigenvalue weighted by atomic mass is 32.1. The van der Waals surface area contributed by atoms with E-state index in [-0.39, 0.29) is 11.5 Å². The zero-order valence-electron chi connectivity index (χ0n) is 14.8. The Kier molecular flexibility index (Phi) is 4.74. The molecule has 142 valence electrons. The number of rotatable bonds is 5. The minimum absolute atomic E-state index is 0.0148. The maximum Gasteiger partial charge on any atom is 0.165 e. The van der Waals surface area contributed by atoms with Crippen molar-refractivity contribution in [2.45, 2.75) is 6.92 Å². The molecule has 0 radical (unpaired) electrons. The lowest BCUT2D eigenvalue weighted by atomic mass is 10.2. The summed E-state index contributed by atoms with van der Waals surface area (Å²) in [5.74, 6) is -0.550. The number of benzene rings is 2. The second kappa shape index (κ2) is 7.35. The van der Waals surface area contributed by atoms with Crippen molar-refractivity contribution in [3.8, 4) is 33.4 Å². The monoisotopic (exact) mass is 399 g/mol. The van der Waals surface area contributed by atoms with Crippen LogP contribution in [0.1, 0.15) is 6.92 Å². The van der Waals surface area contributed by atoms with E-state index in [4.69, 9.17) is 10.5 Å². The van der Waals surface area contributed by atoms with Crippen LogP contribution in [0.5, 0.6) is 5.75 Å². The highest BCUT2D eigenvalue weighted by Gasteiger charge is 2.19. The van der Waals surface area contributed by atoms with Crippen LogP contribution in [0.4, 0.5) is 14.6 Å². The van der Waals surface area contributed by atoms with E-state index < -0.39 is 11.6 Å². The first-order valence-electron chi connectivity index (χ1n) is 8.42. The summed E-state index contributed by atoms with van der Waals surface area (Å²) in [5, 5.41) is 10.4. The number of thiazole rings is 1. The van der Waals surface area contributed by atoms with E-state index in [2.05, 4.69) is 15.3 Å². The second-order valence-corrected chi connectivity index (χ2v) is 6.68. The Hall–Kier alpha value is -3.33. The fourth-order valence-electron chi connectivity index (χ4n) is 2.68. The fourth-order valence-corrected chi connectivity index (χ4v) is 3.50. The van der Waals surface area contributed by atoms with E-state index in [0.717, 1.165) is 33.8 Å². The van der Waals surface area contributed by atoms with Gasteiger partial charge < -0.3 is 10.5 Å². The molecule has 4 rings (SSSR count). The standard InChI is InChI=1S/C19H15F2N5OS/c1-2-27-13-6-3-11(4-7-13)15-10-28-19(23-15)17-18(22)26(25-24-17)16-8-5-12(20)9-14(16)21/h3-10H,2,22H2,1H3. The Bertz CT molecular complexity index is 1120. The highest BCUT2D eigenvalue weighted by Crippen LogP contribution is 2.32. The van der Waals surface area contributed by atoms with Crippen LogP contribution < -0.4 is 10.5 Å². The van der Waals surface area contributed by atoms with E-state index in [1.54, 1.807) is 0 Å². The van der Waals surface area contributed by atoms with Crippen molar-refractivity contribution < 1.29 is 13.5 Å². The third-order valence-corrected chi connectivity index (χ3v) is 4.86. The minimum atomic E-state index is -0.780. The molecule has 0 unspecified atom stereocenters. The van der Waals surface area contributed by atoms with Crippen molar-refractivity contribution in [1.82, 2.24) is 20.0 Å². The molecule has 6 nitrogen and oxygen atoms in total. The summed E-state index contributed by atoms with van der Waals surface area (Å²) >= 11 is 1.35. The van der Waals surface area contributed by atoms with E-state index >= 15 is 0 Å². The molecule has 0 aliphatic carbocycles. The van der Waals surface area contributed by atoms with Gasteiger partial charge in [-0.15, -0.1) is 16.4 Å². The molecule has 2 heterocycles. The molecule has 0 aliphatic rings. The number of aromatic nitrogens is 4. The quantitative estimate of drug-likeness (QED) is 0.541. The van der Waals surface area contributed by atoms with Crippen LogP contribution in [0.2, 0.25) is 0 Å². The Morgan fingerprint density at radius 2 is 1.93 bits per heavy atom. The number of hydrogen-bond acceptors (Lipinski definition) is 6. The summed E-state index contributed by atoms with van der Waals surface area (Å²) in [6, 6.07) is 10.7. The Morgan fingerprint density at radius 3 is 2.64 bits per heavy atom. The van der Waals surface area contributed by atoms with Gasteiger partial charge in [-0.2, -0.15) is 4.68 Å². The molecule has 0 saturated carbocycles. The topological polar surface area (TPSA) is 78.9 Å². The van der Waals surface area contributed by atoms with Gasteiger partial charge >= 0.3 is 0 Å². The summed E-state index contributed by atoms with van der Waals surface area (Å²) in [6.45, 7) is 2.53. The van der Waals surface area contributed by atoms with Crippen LogP contribution in [0.25, 0.3) is 27.6 Å². The Morgan fingerprint density at radius 1 is 1.14 bits per heavy atom. The third-order valence-electron chi connectivity index (χ3n) is 4.01. The molecule has 0 fully saturated rings. The molecule has 0 spiro atoms. The molecule has 0 bridgehead atoms. The van der Waals surface area contributed by atoms with Crippen LogP contribution in [-0.4, -0.2) is 26.6 Å². The van der Waals surface area contributed by atoms with Gasteiger partial charge in [-0.25, -0.2) is 13.8 Å². The van der Waals surface area contributed by atoms with Gasteiger partial charge in [-0.3, -0.25) is 0 Å². The third kappa shape index (κ3) is 3.31. The average Bonchev–Trinajstić information content (AvgIpc) is 3.30. The van der Waals surface area contributed by atoms with Gasteiger partial charge in [0, 0.05) is 17.0 Å². The smallest absolute Gasteiger partial charge is 0.165 e. The van der Waals surface area contributed by atoms with Crippen LogP contribution >= 0.6 is 11.3 Å². The molecular weight excluding hydrogens is 384 g/mol. The summed E-state index contributed by atoms with van der Waals surface area (Å²) in [5.41, 5.74) is 8.13. The van der Waals surface area contributed by atoms with Gasteiger partial charge in [0.2, 0.25) is 0 Å². The van der Waals surface area contributed by atoms with E-state index in [1.165, 1.54) is 17.4 Å². The Labute approximate surface area is 163 Å². The summed E-state index contributed by atoms with van der Waals surface area (Å²) in [6.07, 6.45) is 0. The molecule has 2 N–H and O–H groups in total. The van der Waals surface area contributed by atoms with Crippen molar-refractivity contribution >= 4 is 17.2 Å². The number of ether oxygens (including phenoxy) is 1. The lowest BCUT2D eigenvalue weighted by Gasteiger charge is -2.04. The molecule has 0 aliphatic heterocycles. The van der Waals surface area contributed by atoms with Crippen molar-refractivity contribution in [1.29, 1.82) is 0 Å². The van der Waals surface area contributed by atoms with Gasteiger partial charge in [0.25, 0.3) is 0 Å². The predicted octanol–water partition coefficient (Wildman–Crippen LogP) is 4.32. The number of nitrogens with zero attached hydrogens (tertiary/aromatic N) is 4. The van der Waals surface area contributed by atoms with Crippen molar-refractivity contribution in [3.05, 3.63) is 59.5 Å². The van der Waals surface area contributed by atoms with Crippen molar-refractivity contribution in [2.24, 2.45) is 0 Å². The number of halogens is 2. The SMILES string of the molecule is CCOc1ccc(-c2csc(-c3nnn(-c4ccc(F)cc4F)c3N)n2)cc1. The van der Waals surface area contributed by atoms with Gasteiger partial charge in [-0.1, -0.05) is 5.21 Å². The zero-order valence-corrected chi connectivity index (χ0v) is 15.6. The van der Waals surface area contributed by atoms with Gasteiger partial charge in [0.15, 0.2) is 17.3 Å². The summed E-state index contributed by atoms with van der Waals surface area (Å²) < 4.78 is 33.7. The molecule has 0 amide bonds. The lowest BCUT2D eigenvalue weighted by molar-refractivity contribution is 0.340. The zero-order chi connectivity index (χ0) is 19.7. The van der Waals surface area contributed by atoms with Crippen molar-refractivity contribution in [3.63, 3.8) is 0 Å². The second-order valence-electron chi connectivity index (χ2n) is 5.83. The normalized spacial score (nSPS) is 11.0. The van der Waals surface area contributed by atoms with Crippen molar-refractivity contribution in [2.75, 3.05) is 12.3 Å². The molecule has 2 aromatic heterocycles. The molecule has 0 saturated heterocycles. The van der Waals surface area contributed by atoms with Gasteiger partial charge in [0.05, 0.1) is 12.3 Å². The first-order chi connectivity index (χ1) is 13.6. The maximum atomic E-state index is 14.0. The van der Waals surface area contributed by atoms with E-state index in [0.29, 0.717) is 17.3 Å². The van der Waals surface area contributed by atoms with E-state index in [1.807, 2.05) is 36.6 Å². The fraction of sp³-hybridized carbons (Fsp3) is 0.105. The highest BCUT2D eigenvalue weighted by molar-refractivity contribution is 7.13. The number of nitrogens with two attached hydrogens (primary N) is 1. The maximum absolute atomic E-state index is 14.0. The van der Waals surface area contributed by atoms with Gasteiger partial charge in [0.1, 0.15) is 22.3 Å². The van der Waals surface area contributed by atoms with Crippen LogP contribution in [-0.2, 0) is 0 Å². The predicted molar refractivity (Wildman–Crippen MR) is 103 cm³/mol. The van der Waals surface area contributed by atoms with Crippen LogP contribution in [0.15, 0.2) is 47.8 Å². The summed E-state index contributed by atoms with van der Waals surface area (Å²) in [7, 11) is 0. The lowest BCUT2D eigenvalue weighted by Crippen LogP contribution is -2.05. The molecular formula is C19H15F2N5OS. The average molecular weight is 399 g/mol. The number of nitrogen functional groups attached to an aromatic ring is 1. The first kappa shape index (κ1) is 18.1. The molecule has 0 atom stereocenters. The Balaban J connectivity index is 1.65. The molecule has 28 heavy (non-hydrogen) atoms.